The molecule has 1 aliphatic heterocycles. The highest BCUT2D eigenvalue weighted by Crippen LogP contribution is 2.35. The third-order valence-electron chi connectivity index (χ3n) is 5.21. The van der Waals surface area contributed by atoms with Gasteiger partial charge >= 0.3 is 5.97 Å². The van der Waals surface area contributed by atoms with E-state index in [4.69, 9.17) is 9.47 Å². The molecule has 31 heavy (non-hydrogen) atoms. The first-order valence-corrected chi connectivity index (χ1v) is 10.2. The maximum Gasteiger partial charge on any atom is 0.343 e. The van der Waals surface area contributed by atoms with Gasteiger partial charge in [-0.2, -0.15) is 0 Å². The normalized spacial score (nSPS) is 14.3. The van der Waals surface area contributed by atoms with E-state index in [1.165, 1.54) is 0 Å². The molecular formula is C27H24O4. The molecule has 0 spiro atoms. The number of hydrogen-bond acceptors (Lipinski definition) is 4. The summed E-state index contributed by atoms with van der Waals surface area (Å²) in [5.41, 5.74) is 4.09. The van der Waals surface area contributed by atoms with Gasteiger partial charge < -0.3 is 9.47 Å². The third-order valence-corrected chi connectivity index (χ3v) is 5.21. The molecule has 0 atom stereocenters. The number of Topliss-reactive ketones (excluding diaryl/α,β-unsaturated/α-hetero) is 1. The number of rotatable bonds is 3. The fraction of sp³-hybridized carbons (Fsp3) is 0.185. The second-order valence-corrected chi connectivity index (χ2v) is 8.73. The van der Waals surface area contributed by atoms with E-state index in [0.29, 0.717) is 22.6 Å². The van der Waals surface area contributed by atoms with E-state index < -0.39 is 5.97 Å². The van der Waals surface area contributed by atoms with Crippen LogP contribution >= 0.6 is 0 Å². The van der Waals surface area contributed by atoms with E-state index in [9.17, 15) is 9.59 Å². The van der Waals surface area contributed by atoms with Crippen LogP contribution in [0.25, 0.3) is 6.08 Å². The smallest absolute Gasteiger partial charge is 0.343 e. The Kier molecular flexibility index (Phi) is 5.24. The fourth-order valence-corrected chi connectivity index (χ4v) is 3.32. The minimum atomic E-state index is -0.458. The summed E-state index contributed by atoms with van der Waals surface area (Å²) in [6.45, 7) is 8.36. The van der Waals surface area contributed by atoms with E-state index in [-0.39, 0.29) is 17.0 Å². The van der Waals surface area contributed by atoms with Crippen LogP contribution in [0.5, 0.6) is 11.5 Å². The predicted molar refractivity (Wildman–Crippen MR) is 121 cm³/mol. The van der Waals surface area contributed by atoms with Crippen molar-refractivity contribution in [3.63, 3.8) is 0 Å². The highest BCUT2D eigenvalue weighted by Gasteiger charge is 2.28. The van der Waals surface area contributed by atoms with Crippen LogP contribution < -0.4 is 9.47 Å². The number of carbonyl (C=O) groups is 2. The van der Waals surface area contributed by atoms with E-state index in [2.05, 4.69) is 20.8 Å². The molecule has 0 aliphatic carbocycles. The van der Waals surface area contributed by atoms with Gasteiger partial charge in [-0.3, -0.25) is 4.79 Å². The zero-order valence-electron chi connectivity index (χ0n) is 18.1. The van der Waals surface area contributed by atoms with Crippen molar-refractivity contribution < 1.29 is 19.1 Å². The van der Waals surface area contributed by atoms with Crippen molar-refractivity contribution in [2.45, 2.75) is 33.1 Å². The van der Waals surface area contributed by atoms with Gasteiger partial charge in [0.1, 0.15) is 11.5 Å². The van der Waals surface area contributed by atoms with E-state index in [0.717, 1.165) is 16.7 Å². The van der Waals surface area contributed by atoms with Crippen LogP contribution in [-0.4, -0.2) is 11.8 Å². The standard InChI is InChI=1S/C27H24O4/c1-17-5-7-18(8-6-17)15-24-25(28)22-14-13-21(16-23(22)31-24)30-26(29)19-9-11-20(12-10-19)27(2,3)4/h5-16H,1-4H3/b24-15-. The lowest BCUT2D eigenvalue weighted by molar-refractivity contribution is 0.0734. The molecule has 1 aliphatic rings. The number of ketones is 1. The lowest BCUT2D eigenvalue weighted by Crippen LogP contribution is -2.12. The Bertz CT molecular complexity index is 1180. The van der Waals surface area contributed by atoms with Crippen molar-refractivity contribution >= 4 is 17.8 Å². The maximum atomic E-state index is 12.6. The van der Waals surface area contributed by atoms with Gasteiger partial charge in [0.05, 0.1) is 11.1 Å². The number of benzene rings is 3. The first-order valence-electron chi connectivity index (χ1n) is 10.2. The molecule has 0 bridgehead atoms. The zero-order chi connectivity index (χ0) is 22.2. The van der Waals surface area contributed by atoms with Crippen molar-refractivity contribution in [3.05, 3.63) is 100 Å². The molecule has 0 N–H and O–H groups in total. The molecule has 4 rings (SSSR count). The number of carbonyl (C=O) groups excluding carboxylic acids is 2. The molecule has 0 aromatic heterocycles. The van der Waals surface area contributed by atoms with Crippen LogP contribution in [0, 0.1) is 6.92 Å². The lowest BCUT2D eigenvalue weighted by Gasteiger charge is -2.18. The summed E-state index contributed by atoms with van der Waals surface area (Å²) in [5.74, 6) is 0.316. The zero-order valence-corrected chi connectivity index (χ0v) is 18.1. The van der Waals surface area contributed by atoms with Crippen molar-refractivity contribution in [1.29, 1.82) is 0 Å². The third kappa shape index (κ3) is 4.43. The molecule has 3 aromatic rings. The van der Waals surface area contributed by atoms with Crippen molar-refractivity contribution in [2.75, 3.05) is 0 Å². The molecular weight excluding hydrogens is 388 g/mol. The monoisotopic (exact) mass is 412 g/mol. The summed E-state index contributed by atoms with van der Waals surface area (Å²) in [6, 6.07) is 20.0. The van der Waals surface area contributed by atoms with Gasteiger partial charge in [0.25, 0.3) is 0 Å². The highest BCUT2D eigenvalue weighted by molar-refractivity contribution is 6.14. The molecule has 4 nitrogen and oxygen atoms in total. The first kappa shape index (κ1) is 20.6. The Morgan fingerprint density at radius 3 is 2.26 bits per heavy atom. The van der Waals surface area contributed by atoms with E-state index in [1.54, 1.807) is 36.4 Å². The topological polar surface area (TPSA) is 52.6 Å². The number of aryl methyl sites for hydroxylation is 1. The number of allylic oxidation sites excluding steroid dienone is 1. The second kappa shape index (κ2) is 7.88. The van der Waals surface area contributed by atoms with Crippen LogP contribution in [-0.2, 0) is 5.41 Å². The average molecular weight is 412 g/mol. The predicted octanol–water partition coefficient (Wildman–Crippen LogP) is 6.13. The summed E-state index contributed by atoms with van der Waals surface area (Å²) in [7, 11) is 0. The van der Waals surface area contributed by atoms with Gasteiger partial charge in [-0.05, 0) is 53.8 Å². The van der Waals surface area contributed by atoms with Crippen LogP contribution in [0.3, 0.4) is 0 Å². The number of esters is 1. The van der Waals surface area contributed by atoms with E-state index >= 15 is 0 Å². The lowest BCUT2D eigenvalue weighted by atomic mass is 9.87. The van der Waals surface area contributed by atoms with Gasteiger partial charge in [-0.25, -0.2) is 4.79 Å². The van der Waals surface area contributed by atoms with Gasteiger partial charge in [0.2, 0.25) is 5.78 Å². The number of ether oxygens (including phenoxy) is 2. The summed E-state index contributed by atoms with van der Waals surface area (Å²) in [6.07, 6.45) is 1.71. The van der Waals surface area contributed by atoms with Crippen molar-refractivity contribution in [2.24, 2.45) is 0 Å². The van der Waals surface area contributed by atoms with Crippen LogP contribution in [0.1, 0.15) is 58.2 Å². The Morgan fingerprint density at radius 1 is 0.935 bits per heavy atom. The molecule has 0 saturated carbocycles. The number of fused-ring (bicyclic) bond motifs is 1. The van der Waals surface area contributed by atoms with Crippen LogP contribution in [0.15, 0.2) is 72.5 Å². The Hall–Kier alpha value is -3.66. The summed E-state index contributed by atoms with van der Waals surface area (Å²) in [5, 5.41) is 0. The Balaban J connectivity index is 1.50. The van der Waals surface area contributed by atoms with Gasteiger partial charge in [0.15, 0.2) is 5.76 Å². The van der Waals surface area contributed by atoms with Crippen molar-refractivity contribution in [3.8, 4) is 11.5 Å². The quantitative estimate of drug-likeness (QED) is 0.295. The molecule has 0 radical (unpaired) electrons. The van der Waals surface area contributed by atoms with Crippen LogP contribution in [0.4, 0.5) is 0 Å². The summed E-state index contributed by atoms with van der Waals surface area (Å²) < 4.78 is 11.3. The molecule has 0 unspecified atom stereocenters. The molecule has 1 heterocycles. The van der Waals surface area contributed by atoms with Crippen LogP contribution in [0.2, 0.25) is 0 Å². The van der Waals surface area contributed by atoms with Gasteiger partial charge in [-0.1, -0.05) is 62.7 Å². The van der Waals surface area contributed by atoms with E-state index in [1.807, 2.05) is 43.3 Å². The van der Waals surface area contributed by atoms with Crippen molar-refractivity contribution in [1.82, 2.24) is 0 Å². The summed E-state index contributed by atoms with van der Waals surface area (Å²) >= 11 is 0. The maximum absolute atomic E-state index is 12.6. The molecule has 4 heteroatoms. The summed E-state index contributed by atoms with van der Waals surface area (Å²) in [4.78, 5) is 25.2. The minimum absolute atomic E-state index is 0.0100. The Morgan fingerprint density at radius 2 is 1.61 bits per heavy atom. The molecule has 0 amide bonds. The first-order chi connectivity index (χ1) is 14.7. The average Bonchev–Trinajstić information content (AvgIpc) is 3.04. The minimum Gasteiger partial charge on any atom is -0.452 e. The molecule has 156 valence electrons. The molecule has 3 aromatic carbocycles. The fourth-order valence-electron chi connectivity index (χ4n) is 3.32. The molecule has 0 fully saturated rings. The SMILES string of the molecule is Cc1ccc(/C=C2\Oc3cc(OC(=O)c4ccc(C(C)(C)C)cc4)ccc3C2=O)cc1. The largest absolute Gasteiger partial charge is 0.452 e. The molecule has 0 saturated heterocycles. The Labute approximate surface area is 182 Å². The second-order valence-electron chi connectivity index (χ2n) is 8.73. The van der Waals surface area contributed by atoms with Gasteiger partial charge in [0, 0.05) is 6.07 Å². The highest BCUT2D eigenvalue weighted by atomic mass is 16.5. The number of hydrogen-bond donors (Lipinski definition) is 0. The van der Waals surface area contributed by atoms with Gasteiger partial charge in [-0.15, -0.1) is 0 Å².